The Morgan fingerprint density at radius 1 is 1.50 bits per heavy atom. The first-order valence-corrected chi connectivity index (χ1v) is 2.01. The third-order valence-electron chi connectivity index (χ3n) is 0.649. The summed E-state index contributed by atoms with van der Waals surface area (Å²) in [6.45, 7) is 3.03. The van der Waals surface area contributed by atoms with Gasteiger partial charge in [0, 0.05) is 0 Å². The van der Waals surface area contributed by atoms with Crippen LogP contribution in [0, 0.1) is 6.61 Å². The van der Waals surface area contributed by atoms with Gasteiger partial charge in [-0.05, 0) is 6.42 Å². The van der Waals surface area contributed by atoms with Gasteiger partial charge in [0.1, 0.15) is 6.79 Å². The lowest BCUT2D eigenvalue weighted by molar-refractivity contribution is -0.0660. The fourth-order valence-corrected chi connectivity index (χ4v) is 0.370. The van der Waals surface area contributed by atoms with Gasteiger partial charge in [0.2, 0.25) is 0 Å². The Balaban J connectivity index is 2.00. The van der Waals surface area contributed by atoms with E-state index in [1.54, 1.807) is 6.61 Å². The predicted octanol–water partition coefficient (Wildman–Crippen LogP) is 0.543. The van der Waals surface area contributed by atoms with Gasteiger partial charge in [-0.15, -0.1) is 0 Å². The zero-order valence-corrected chi connectivity index (χ0v) is 3.52. The molecule has 0 amide bonds. The number of hydrogen-bond donors (Lipinski definition) is 0. The molecule has 2 nitrogen and oxygen atoms in total. The van der Waals surface area contributed by atoms with Crippen molar-refractivity contribution in [2.45, 2.75) is 6.42 Å². The van der Waals surface area contributed by atoms with E-state index in [-0.39, 0.29) is 0 Å². The molecule has 1 saturated heterocycles. The molecular formula is C4H7O2. The Bertz CT molecular complexity index is 21.0. The van der Waals surface area contributed by atoms with Crippen molar-refractivity contribution in [3.05, 3.63) is 6.61 Å². The molecular weight excluding hydrogens is 80.0 g/mol. The topological polar surface area (TPSA) is 18.5 Å². The van der Waals surface area contributed by atoms with Crippen molar-refractivity contribution < 1.29 is 9.47 Å². The van der Waals surface area contributed by atoms with Crippen molar-refractivity contribution >= 4 is 0 Å². The number of rotatable bonds is 0. The highest BCUT2D eigenvalue weighted by molar-refractivity contribution is 4.50. The van der Waals surface area contributed by atoms with Crippen LogP contribution in [0.2, 0.25) is 0 Å². The monoisotopic (exact) mass is 87.0 g/mol. The molecule has 6 heavy (non-hydrogen) atoms. The van der Waals surface area contributed by atoms with Gasteiger partial charge in [-0.25, -0.2) is 0 Å². The highest BCUT2D eigenvalue weighted by Gasteiger charge is 1.95. The summed E-state index contributed by atoms with van der Waals surface area (Å²) in [6.07, 6.45) is 0.931. The van der Waals surface area contributed by atoms with Crippen LogP contribution in [0.1, 0.15) is 6.42 Å². The van der Waals surface area contributed by atoms with Crippen LogP contribution in [-0.2, 0) is 9.47 Å². The zero-order chi connectivity index (χ0) is 4.24. The van der Waals surface area contributed by atoms with Gasteiger partial charge in [0.25, 0.3) is 0 Å². The standard InChI is InChI=1S/C4H7O2/c1-2-5-4-6-3-1/h2H,1,3-4H2. The largest absolute Gasteiger partial charge is 0.355 e. The molecule has 1 radical (unpaired) electrons. The van der Waals surface area contributed by atoms with Crippen molar-refractivity contribution in [3.8, 4) is 0 Å². The van der Waals surface area contributed by atoms with E-state index in [1.807, 2.05) is 0 Å². The van der Waals surface area contributed by atoms with Gasteiger partial charge in [-0.1, -0.05) is 0 Å². The lowest BCUT2D eigenvalue weighted by atomic mass is 10.5. The summed E-state index contributed by atoms with van der Waals surface area (Å²) in [7, 11) is 0. The molecule has 0 spiro atoms. The van der Waals surface area contributed by atoms with E-state index in [0.29, 0.717) is 6.79 Å². The molecule has 0 aromatic rings. The Hall–Kier alpha value is -0.0800. The third kappa shape index (κ3) is 0.954. The molecule has 35 valence electrons. The van der Waals surface area contributed by atoms with Gasteiger partial charge in [-0.2, -0.15) is 0 Å². The molecule has 1 heterocycles. The quantitative estimate of drug-likeness (QED) is 0.429. The number of ether oxygens (including phenoxy) is 2. The molecule has 0 saturated carbocycles. The average Bonchev–Trinajstić information content (AvgIpc) is 1.72. The van der Waals surface area contributed by atoms with Crippen molar-refractivity contribution in [3.63, 3.8) is 0 Å². The molecule has 1 fully saturated rings. The predicted molar refractivity (Wildman–Crippen MR) is 20.8 cm³/mol. The second-order valence-corrected chi connectivity index (χ2v) is 1.15. The summed E-state index contributed by atoms with van der Waals surface area (Å²) >= 11 is 0. The van der Waals surface area contributed by atoms with Gasteiger partial charge >= 0.3 is 0 Å². The molecule has 0 aromatic heterocycles. The van der Waals surface area contributed by atoms with Gasteiger partial charge in [0.15, 0.2) is 0 Å². The molecule has 0 atom stereocenters. The minimum absolute atomic E-state index is 0.444. The average molecular weight is 87.1 g/mol. The first-order valence-electron chi connectivity index (χ1n) is 2.01. The zero-order valence-electron chi connectivity index (χ0n) is 3.52. The van der Waals surface area contributed by atoms with E-state index in [2.05, 4.69) is 0 Å². The van der Waals surface area contributed by atoms with E-state index in [1.165, 1.54) is 0 Å². The maximum atomic E-state index is 4.82. The van der Waals surface area contributed by atoms with Crippen LogP contribution in [0.5, 0.6) is 0 Å². The van der Waals surface area contributed by atoms with Crippen LogP contribution >= 0.6 is 0 Å². The molecule has 1 aliphatic rings. The van der Waals surface area contributed by atoms with Gasteiger partial charge in [0.05, 0.1) is 13.2 Å². The first-order chi connectivity index (χ1) is 3.00. The summed E-state index contributed by atoms with van der Waals surface area (Å²) in [5, 5.41) is 0. The van der Waals surface area contributed by atoms with Crippen LogP contribution < -0.4 is 0 Å². The van der Waals surface area contributed by atoms with Crippen molar-refractivity contribution in [2.75, 3.05) is 13.4 Å². The fourth-order valence-electron chi connectivity index (χ4n) is 0.370. The molecule has 0 bridgehead atoms. The van der Waals surface area contributed by atoms with E-state index < -0.39 is 0 Å². The van der Waals surface area contributed by atoms with Gasteiger partial charge in [-0.3, -0.25) is 0 Å². The Labute approximate surface area is 37.1 Å². The summed E-state index contributed by atoms with van der Waals surface area (Å²) < 4.78 is 9.54. The summed E-state index contributed by atoms with van der Waals surface area (Å²) in [6, 6.07) is 0. The molecule has 0 aromatic carbocycles. The third-order valence-corrected chi connectivity index (χ3v) is 0.649. The van der Waals surface area contributed by atoms with E-state index in [0.717, 1.165) is 13.0 Å². The molecule has 0 unspecified atom stereocenters. The Kier molecular flexibility index (Phi) is 1.47. The molecule has 0 N–H and O–H groups in total. The maximum Gasteiger partial charge on any atom is 0.147 e. The van der Waals surface area contributed by atoms with E-state index in [9.17, 15) is 0 Å². The second kappa shape index (κ2) is 2.16. The number of hydrogen-bond acceptors (Lipinski definition) is 2. The van der Waals surface area contributed by atoms with Crippen LogP contribution in [0.25, 0.3) is 0 Å². The molecule has 0 aliphatic carbocycles. The molecule has 2 heteroatoms. The van der Waals surface area contributed by atoms with Crippen molar-refractivity contribution in [1.82, 2.24) is 0 Å². The van der Waals surface area contributed by atoms with Crippen molar-refractivity contribution in [2.24, 2.45) is 0 Å². The Morgan fingerprint density at radius 2 is 2.50 bits per heavy atom. The van der Waals surface area contributed by atoms with Crippen LogP contribution in [-0.4, -0.2) is 13.4 Å². The summed E-state index contributed by atoms with van der Waals surface area (Å²) in [4.78, 5) is 0. The van der Waals surface area contributed by atoms with Gasteiger partial charge < -0.3 is 9.47 Å². The smallest absolute Gasteiger partial charge is 0.147 e. The first kappa shape index (κ1) is 4.09. The molecule has 1 rings (SSSR count). The van der Waals surface area contributed by atoms with Crippen LogP contribution in [0.4, 0.5) is 0 Å². The fraction of sp³-hybridized carbons (Fsp3) is 0.750. The summed E-state index contributed by atoms with van der Waals surface area (Å²) in [5.41, 5.74) is 0. The highest BCUT2D eigenvalue weighted by Crippen LogP contribution is 1.96. The lowest BCUT2D eigenvalue weighted by Crippen LogP contribution is -2.06. The Morgan fingerprint density at radius 3 is 2.67 bits per heavy atom. The minimum Gasteiger partial charge on any atom is -0.355 e. The lowest BCUT2D eigenvalue weighted by Gasteiger charge is -2.08. The maximum absolute atomic E-state index is 4.82. The highest BCUT2D eigenvalue weighted by atomic mass is 16.7. The van der Waals surface area contributed by atoms with E-state index >= 15 is 0 Å². The summed E-state index contributed by atoms with van der Waals surface area (Å²) in [5.74, 6) is 0. The van der Waals surface area contributed by atoms with E-state index in [4.69, 9.17) is 9.47 Å². The van der Waals surface area contributed by atoms with Crippen LogP contribution in [0.3, 0.4) is 0 Å². The van der Waals surface area contributed by atoms with Crippen molar-refractivity contribution in [1.29, 1.82) is 0 Å². The van der Waals surface area contributed by atoms with Crippen LogP contribution in [0.15, 0.2) is 0 Å². The minimum atomic E-state index is 0.444. The molecule has 1 aliphatic heterocycles. The normalized spacial score (nSPS) is 24.0. The SMILES string of the molecule is [CH]1CCOCO1. The second-order valence-electron chi connectivity index (χ2n) is 1.15.